The number of piperidine rings is 1. The highest BCUT2D eigenvalue weighted by molar-refractivity contribution is 5.93. The number of anilines is 2. The zero-order valence-electron chi connectivity index (χ0n) is 25.4. The van der Waals surface area contributed by atoms with Gasteiger partial charge in [0.15, 0.2) is 0 Å². The molecule has 14 heteroatoms. The Hall–Kier alpha value is -3.71. The van der Waals surface area contributed by atoms with E-state index in [0.717, 1.165) is 57.1 Å². The van der Waals surface area contributed by atoms with Crippen LogP contribution in [0.4, 0.5) is 34.1 Å². The molecule has 0 unspecified atom stereocenters. The molecule has 4 N–H and O–H groups in total. The van der Waals surface area contributed by atoms with E-state index in [1.165, 1.54) is 11.0 Å². The number of nitrogens with one attached hydrogen (secondary N) is 2. The fourth-order valence-corrected chi connectivity index (χ4v) is 6.03. The number of likely N-dealkylation sites (tertiary alicyclic amines) is 1. The third-order valence-corrected chi connectivity index (χ3v) is 8.36. The molecule has 244 valence electrons. The van der Waals surface area contributed by atoms with E-state index < -0.39 is 59.3 Å². The summed E-state index contributed by atoms with van der Waals surface area (Å²) in [6.45, 7) is 6.30. The molecule has 3 aliphatic rings. The summed E-state index contributed by atoms with van der Waals surface area (Å²) in [5.41, 5.74) is 4.29. The lowest BCUT2D eigenvalue weighted by Gasteiger charge is -2.34. The minimum atomic E-state index is -4.62. The van der Waals surface area contributed by atoms with Crippen molar-refractivity contribution in [2.45, 2.75) is 103 Å². The molecule has 0 radical (unpaired) electrons. The summed E-state index contributed by atoms with van der Waals surface area (Å²) in [5, 5.41) is 5.09. The van der Waals surface area contributed by atoms with Crippen LogP contribution in [0.2, 0.25) is 0 Å². The molecule has 2 heterocycles. The molecule has 0 bridgehead atoms. The van der Waals surface area contributed by atoms with E-state index in [1.807, 2.05) is 4.90 Å². The van der Waals surface area contributed by atoms with E-state index in [9.17, 15) is 32.3 Å². The first-order chi connectivity index (χ1) is 20.6. The minimum Gasteiger partial charge on any atom is -0.446 e. The molecule has 1 saturated carbocycles. The van der Waals surface area contributed by atoms with Crippen LogP contribution in [0.3, 0.4) is 0 Å². The number of nitrogens with two attached hydrogens (primary N) is 1. The van der Waals surface area contributed by atoms with Crippen LogP contribution in [-0.4, -0.2) is 72.8 Å². The molecule has 4 amide bonds. The quantitative estimate of drug-likeness (QED) is 0.396. The van der Waals surface area contributed by atoms with Gasteiger partial charge in [-0.25, -0.2) is 9.59 Å². The number of alkyl carbamates (subject to hydrolysis) is 1. The van der Waals surface area contributed by atoms with Crippen molar-refractivity contribution < 1.29 is 41.8 Å². The number of rotatable bonds is 7. The van der Waals surface area contributed by atoms with Gasteiger partial charge in [-0.15, -0.1) is 0 Å². The molecule has 2 aliphatic heterocycles. The molecule has 3 atom stereocenters. The summed E-state index contributed by atoms with van der Waals surface area (Å²) < 4.78 is 51.5. The Morgan fingerprint density at radius 3 is 2.16 bits per heavy atom. The summed E-state index contributed by atoms with van der Waals surface area (Å²) in [7, 11) is 0. The molecule has 2 saturated heterocycles. The van der Waals surface area contributed by atoms with Crippen LogP contribution in [0, 0.1) is 5.41 Å². The zero-order valence-corrected chi connectivity index (χ0v) is 25.4. The van der Waals surface area contributed by atoms with Crippen molar-refractivity contribution in [2.24, 2.45) is 11.1 Å². The average Bonchev–Trinajstić information content (AvgIpc) is 3.61. The predicted molar refractivity (Wildman–Crippen MR) is 156 cm³/mol. The maximum Gasteiger partial charge on any atom is 0.416 e. The second kappa shape index (κ2) is 13.5. The zero-order chi connectivity index (χ0) is 32.2. The van der Waals surface area contributed by atoms with Crippen LogP contribution in [0.15, 0.2) is 18.2 Å². The van der Waals surface area contributed by atoms with Crippen molar-refractivity contribution in [1.29, 1.82) is 0 Å². The van der Waals surface area contributed by atoms with Gasteiger partial charge in [-0.2, -0.15) is 13.2 Å². The molecule has 3 fully saturated rings. The number of alkyl halides is 3. The van der Waals surface area contributed by atoms with Crippen molar-refractivity contribution in [1.82, 2.24) is 10.2 Å². The Kier molecular flexibility index (Phi) is 10.2. The lowest BCUT2D eigenvalue weighted by atomic mass is 9.85. The van der Waals surface area contributed by atoms with Gasteiger partial charge in [0, 0.05) is 19.5 Å². The number of carbonyl (C=O) groups excluding carboxylic acids is 4. The van der Waals surface area contributed by atoms with Crippen molar-refractivity contribution in [2.75, 3.05) is 29.9 Å². The third-order valence-electron chi connectivity index (χ3n) is 8.36. The van der Waals surface area contributed by atoms with Crippen LogP contribution in [0.5, 0.6) is 0 Å². The summed E-state index contributed by atoms with van der Waals surface area (Å²) in [5.74, 6) is -1.42. The van der Waals surface area contributed by atoms with E-state index in [2.05, 4.69) is 10.6 Å². The van der Waals surface area contributed by atoms with Crippen LogP contribution < -0.4 is 21.3 Å². The highest BCUT2D eigenvalue weighted by Crippen LogP contribution is 2.37. The Balaban J connectivity index is 1.47. The monoisotopic (exact) mass is 625 g/mol. The number of hydrogen-bond acceptors (Lipinski definition) is 7. The number of nitrogens with zero attached hydrogens (tertiary/aromatic N) is 2. The van der Waals surface area contributed by atoms with Crippen LogP contribution in [0.25, 0.3) is 0 Å². The summed E-state index contributed by atoms with van der Waals surface area (Å²) in [4.78, 5) is 54.8. The first-order valence-electron chi connectivity index (χ1n) is 15.1. The van der Waals surface area contributed by atoms with Gasteiger partial charge in [-0.1, -0.05) is 20.8 Å². The van der Waals surface area contributed by atoms with Gasteiger partial charge < -0.3 is 30.3 Å². The van der Waals surface area contributed by atoms with Gasteiger partial charge in [0.1, 0.15) is 24.3 Å². The smallest absolute Gasteiger partial charge is 0.416 e. The fourth-order valence-electron chi connectivity index (χ4n) is 6.03. The molecule has 1 aromatic carbocycles. The lowest BCUT2D eigenvalue weighted by Crippen LogP contribution is -2.57. The molecule has 4 rings (SSSR count). The molecule has 11 nitrogen and oxygen atoms in total. The Bertz CT molecular complexity index is 1220. The van der Waals surface area contributed by atoms with E-state index in [4.69, 9.17) is 15.2 Å². The minimum absolute atomic E-state index is 0.0538. The van der Waals surface area contributed by atoms with E-state index >= 15 is 0 Å². The van der Waals surface area contributed by atoms with Crippen molar-refractivity contribution in [3.05, 3.63) is 23.8 Å². The van der Waals surface area contributed by atoms with Gasteiger partial charge in [0.2, 0.25) is 11.8 Å². The van der Waals surface area contributed by atoms with Gasteiger partial charge >= 0.3 is 18.4 Å². The molecule has 44 heavy (non-hydrogen) atoms. The van der Waals surface area contributed by atoms with Gasteiger partial charge in [0.05, 0.1) is 23.5 Å². The van der Waals surface area contributed by atoms with Crippen molar-refractivity contribution in [3.63, 3.8) is 0 Å². The Morgan fingerprint density at radius 2 is 1.57 bits per heavy atom. The molecule has 0 aromatic heterocycles. The summed E-state index contributed by atoms with van der Waals surface area (Å²) in [6, 6.07) is 0.965. The van der Waals surface area contributed by atoms with Crippen LogP contribution >= 0.6 is 0 Å². The maximum absolute atomic E-state index is 13.7. The number of benzene rings is 1. The number of hydrogen-bond donors (Lipinski definition) is 3. The average molecular weight is 626 g/mol. The number of primary amides is 1. The van der Waals surface area contributed by atoms with Gasteiger partial charge in [-0.3, -0.25) is 14.9 Å². The standard InChI is InChI=1S/C30H42F3N5O6/c1-29(2,3)24(36-28(42)43-19-9-5-6-10-19)26(40)38-17-20(16-23(38)25(34)39)44-27(41)35-21-15-18(30(31,32)33)11-12-22(21)37-13-7-4-8-14-37/h11-12,15,19-20,23-24H,4-10,13-14,16-17H2,1-3H3,(H2,34,39)(H,35,41)(H,36,42)/t20-,23+,24-/m1/s1. The summed E-state index contributed by atoms with van der Waals surface area (Å²) in [6.07, 6.45) is -1.56. The second-order valence-corrected chi connectivity index (χ2v) is 12.8. The second-order valence-electron chi connectivity index (χ2n) is 12.8. The van der Waals surface area contributed by atoms with E-state index in [1.54, 1.807) is 20.8 Å². The Labute approximate surface area is 255 Å². The highest BCUT2D eigenvalue weighted by Gasteiger charge is 2.46. The number of carbonyl (C=O) groups is 4. The largest absolute Gasteiger partial charge is 0.446 e. The molecular formula is C30H42F3N5O6. The highest BCUT2D eigenvalue weighted by atomic mass is 19.4. The summed E-state index contributed by atoms with van der Waals surface area (Å²) >= 11 is 0. The number of halogens is 3. The SMILES string of the molecule is CC(C)(C)[C@H](NC(=O)OC1CCCC1)C(=O)N1C[C@H](OC(=O)Nc2cc(C(F)(F)F)ccc2N2CCCCC2)C[C@H]1C(N)=O. The van der Waals surface area contributed by atoms with E-state index in [-0.39, 0.29) is 24.8 Å². The van der Waals surface area contributed by atoms with Crippen molar-refractivity contribution in [3.8, 4) is 0 Å². The topological polar surface area (TPSA) is 143 Å². The predicted octanol–water partition coefficient (Wildman–Crippen LogP) is 4.78. The molecule has 0 spiro atoms. The molecule has 1 aliphatic carbocycles. The Morgan fingerprint density at radius 1 is 0.932 bits per heavy atom. The number of ether oxygens (including phenoxy) is 2. The molecular weight excluding hydrogens is 583 g/mol. The lowest BCUT2D eigenvalue weighted by molar-refractivity contribution is -0.141. The maximum atomic E-state index is 13.7. The van der Waals surface area contributed by atoms with E-state index in [0.29, 0.717) is 18.8 Å². The first-order valence-corrected chi connectivity index (χ1v) is 15.1. The van der Waals surface area contributed by atoms with Crippen molar-refractivity contribution >= 4 is 35.4 Å². The van der Waals surface area contributed by atoms with Gasteiger partial charge in [-0.05, 0) is 68.6 Å². The number of amides is 4. The van der Waals surface area contributed by atoms with Crippen LogP contribution in [0.1, 0.15) is 77.7 Å². The van der Waals surface area contributed by atoms with Gasteiger partial charge in [0.25, 0.3) is 0 Å². The first kappa shape index (κ1) is 33.2. The normalized spacial score (nSPS) is 22.0. The fraction of sp³-hybridized carbons (Fsp3) is 0.667. The third kappa shape index (κ3) is 8.26. The molecule has 1 aromatic rings. The van der Waals surface area contributed by atoms with Crippen LogP contribution in [-0.2, 0) is 25.2 Å².